The Bertz CT molecular complexity index is 931. The molecule has 0 amide bonds. The number of carbonyl (C=O) groups is 1. The predicted molar refractivity (Wildman–Crippen MR) is 107 cm³/mol. The van der Waals surface area contributed by atoms with E-state index in [9.17, 15) is 27.5 Å². The third-order valence-corrected chi connectivity index (χ3v) is 5.61. The van der Waals surface area contributed by atoms with Gasteiger partial charge in [0.1, 0.15) is 11.6 Å². The number of aromatic carboxylic acids is 1. The molecule has 10 heteroatoms. The van der Waals surface area contributed by atoms with E-state index in [-0.39, 0.29) is 16.9 Å². The molecule has 0 aromatic heterocycles. The minimum Gasteiger partial charge on any atom is -0.496 e. The number of nitrogens with one attached hydrogen (secondary N) is 1. The minimum absolute atomic E-state index is 0.00780. The number of carboxylic acids is 1. The van der Waals surface area contributed by atoms with Gasteiger partial charge in [-0.2, -0.15) is 13.2 Å². The number of hydrogen-bond acceptors (Lipinski definition) is 5. The molecule has 162 valence electrons. The van der Waals surface area contributed by atoms with E-state index in [0.717, 1.165) is 37.3 Å². The SMILES string of the molecule is COc1ccc(C(=O)O)cc1SNc1cc(C(F)(F)F)cc(F)c1N1CCCCC1. The van der Waals surface area contributed by atoms with E-state index >= 15 is 0 Å². The van der Waals surface area contributed by atoms with Crippen molar-refractivity contribution in [1.29, 1.82) is 0 Å². The van der Waals surface area contributed by atoms with Gasteiger partial charge in [-0.15, -0.1) is 0 Å². The van der Waals surface area contributed by atoms with E-state index in [1.54, 1.807) is 4.90 Å². The molecule has 1 aliphatic heterocycles. The molecule has 1 heterocycles. The monoisotopic (exact) mass is 444 g/mol. The Kier molecular flexibility index (Phi) is 6.64. The Labute approximate surface area is 175 Å². The second kappa shape index (κ2) is 9.03. The molecule has 3 rings (SSSR count). The lowest BCUT2D eigenvalue weighted by molar-refractivity contribution is -0.137. The first kappa shape index (κ1) is 22.1. The van der Waals surface area contributed by atoms with Crippen LogP contribution in [0, 0.1) is 5.82 Å². The van der Waals surface area contributed by atoms with Gasteiger partial charge in [0, 0.05) is 13.1 Å². The number of hydrogen-bond donors (Lipinski definition) is 2. The van der Waals surface area contributed by atoms with Crippen LogP contribution in [0.25, 0.3) is 0 Å². The molecule has 5 nitrogen and oxygen atoms in total. The summed E-state index contributed by atoms with van der Waals surface area (Å²) in [5, 5.41) is 9.18. The molecule has 2 aromatic carbocycles. The van der Waals surface area contributed by atoms with Gasteiger partial charge in [-0.3, -0.25) is 0 Å². The smallest absolute Gasteiger partial charge is 0.416 e. The molecule has 1 saturated heterocycles. The molecular weight excluding hydrogens is 424 g/mol. The number of anilines is 2. The Balaban J connectivity index is 1.98. The van der Waals surface area contributed by atoms with Gasteiger partial charge in [0.05, 0.1) is 34.5 Å². The Morgan fingerprint density at radius 1 is 1.17 bits per heavy atom. The van der Waals surface area contributed by atoms with Gasteiger partial charge in [0.15, 0.2) is 0 Å². The molecular formula is C20H20F4N2O3S. The fourth-order valence-corrected chi connectivity index (χ4v) is 4.09. The molecule has 0 aliphatic carbocycles. The van der Waals surface area contributed by atoms with Crippen molar-refractivity contribution in [3.63, 3.8) is 0 Å². The van der Waals surface area contributed by atoms with Crippen LogP contribution >= 0.6 is 11.9 Å². The van der Waals surface area contributed by atoms with Gasteiger partial charge in [-0.05, 0) is 61.5 Å². The van der Waals surface area contributed by atoms with E-state index in [1.807, 2.05) is 0 Å². The van der Waals surface area contributed by atoms with Gasteiger partial charge in [-0.25, -0.2) is 9.18 Å². The van der Waals surface area contributed by atoms with Crippen molar-refractivity contribution in [3.8, 4) is 5.75 Å². The van der Waals surface area contributed by atoms with Gasteiger partial charge >= 0.3 is 12.1 Å². The highest BCUT2D eigenvalue weighted by Crippen LogP contribution is 2.41. The Morgan fingerprint density at radius 2 is 1.87 bits per heavy atom. The number of alkyl halides is 3. The molecule has 1 fully saturated rings. The summed E-state index contributed by atoms with van der Waals surface area (Å²) in [4.78, 5) is 13.3. The number of ether oxygens (including phenoxy) is 1. The highest BCUT2D eigenvalue weighted by Gasteiger charge is 2.33. The lowest BCUT2D eigenvalue weighted by Crippen LogP contribution is -2.31. The summed E-state index contributed by atoms with van der Waals surface area (Å²) in [6.45, 7) is 1.08. The lowest BCUT2D eigenvalue weighted by atomic mass is 10.1. The van der Waals surface area contributed by atoms with Gasteiger partial charge in [0.25, 0.3) is 0 Å². The minimum atomic E-state index is -4.71. The van der Waals surface area contributed by atoms with E-state index in [4.69, 9.17) is 4.74 Å². The lowest BCUT2D eigenvalue weighted by Gasteiger charge is -2.31. The number of rotatable bonds is 6. The van der Waals surface area contributed by atoms with Crippen LogP contribution in [0.1, 0.15) is 35.2 Å². The summed E-state index contributed by atoms with van der Waals surface area (Å²) < 4.78 is 62.5. The van der Waals surface area contributed by atoms with Crippen LogP contribution < -0.4 is 14.4 Å². The second-order valence-corrected chi connectivity index (χ2v) is 7.62. The number of carboxylic acid groups (broad SMARTS) is 1. The van der Waals surface area contributed by atoms with Crippen LogP contribution in [-0.2, 0) is 6.18 Å². The van der Waals surface area contributed by atoms with Crippen molar-refractivity contribution < 1.29 is 32.2 Å². The number of nitrogens with zero attached hydrogens (tertiary/aromatic N) is 1. The number of piperidine rings is 1. The quantitative estimate of drug-likeness (QED) is 0.443. The third-order valence-electron chi connectivity index (χ3n) is 4.74. The van der Waals surface area contributed by atoms with Crippen molar-refractivity contribution in [1.82, 2.24) is 0 Å². The van der Waals surface area contributed by atoms with Crippen molar-refractivity contribution >= 4 is 29.3 Å². The van der Waals surface area contributed by atoms with Gasteiger partial charge in [-0.1, -0.05) is 0 Å². The largest absolute Gasteiger partial charge is 0.496 e. The third kappa shape index (κ3) is 4.92. The van der Waals surface area contributed by atoms with Crippen molar-refractivity contribution in [3.05, 3.63) is 47.3 Å². The topological polar surface area (TPSA) is 61.8 Å². The van der Waals surface area contributed by atoms with Crippen LogP contribution in [0.3, 0.4) is 0 Å². The van der Waals surface area contributed by atoms with Crippen LogP contribution in [0.5, 0.6) is 5.75 Å². The molecule has 2 N–H and O–H groups in total. The highest BCUT2D eigenvalue weighted by molar-refractivity contribution is 8.00. The van der Waals surface area contributed by atoms with E-state index < -0.39 is 23.5 Å². The summed E-state index contributed by atoms with van der Waals surface area (Å²) in [5.74, 6) is -1.77. The average molecular weight is 444 g/mol. The fraction of sp³-hybridized carbons (Fsp3) is 0.350. The first-order chi connectivity index (χ1) is 14.2. The molecule has 1 aliphatic rings. The molecule has 0 bridgehead atoms. The first-order valence-electron chi connectivity index (χ1n) is 9.20. The normalized spacial score (nSPS) is 14.5. The Hall–Kier alpha value is -2.62. The van der Waals surface area contributed by atoms with Crippen LogP contribution in [0.2, 0.25) is 0 Å². The summed E-state index contributed by atoms with van der Waals surface area (Å²) in [5.41, 5.74) is -1.07. The molecule has 0 spiro atoms. The summed E-state index contributed by atoms with van der Waals surface area (Å²) >= 11 is 0.863. The van der Waals surface area contributed by atoms with Crippen molar-refractivity contribution in [2.24, 2.45) is 0 Å². The highest BCUT2D eigenvalue weighted by atomic mass is 32.2. The van der Waals surface area contributed by atoms with Crippen LogP contribution in [-0.4, -0.2) is 31.3 Å². The van der Waals surface area contributed by atoms with Crippen molar-refractivity contribution in [2.45, 2.75) is 30.3 Å². The number of benzene rings is 2. The summed E-state index contributed by atoms with van der Waals surface area (Å²) in [6.07, 6.45) is -2.08. The number of halogens is 4. The predicted octanol–water partition coefficient (Wildman–Crippen LogP) is 5.66. The van der Waals surface area contributed by atoms with Gasteiger partial charge in [0.2, 0.25) is 0 Å². The van der Waals surface area contributed by atoms with Crippen LogP contribution in [0.15, 0.2) is 35.2 Å². The summed E-state index contributed by atoms with van der Waals surface area (Å²) in [7, 11) is 1.39. The summed E-state index contributed by atoms with van der Waals surface area (Å²) in [6, 6.07) is 5.52. The molecule has 0 atom stereocenters. The molecule has 2 aromatic rings. The Morgan fingerprint density at radius 3 is 2.47 bits per heavy atom. The zero-order valence-corrected chi connectivity index (χ0v) is 16.9. The number of methoxy groups -OCH3 is 1. The second-order valence-electron chi connectivity index (χ2n) is 6.77. The van der Waals surface area contributed by atoms with Crippen molar-refractivity contribution in [2.75, 3.05) is 29.8 Å². The first-order valence-corrected chi connectivity index (χ1v) is 10.0. The maximum atomic E-state index is 14.8. The average Bonchev–Trinajstić information content (AvgIpc) is 2.71. The standard InChI is InChI=1S/C20H20F4N2O3S/c1-29-16-6-5-12(19(27)28)9-17(16)30-25-15-11-13(20(22,23)24)10-14(21)18(15)26-7-3-2-4-8-26/h5-6,9-11,25H,2-4,7-8H2,1H3,(H,27,28). The van der Waals surface area contributed by atoms with Crippen LogP contribution in [0.4, 0.5) is 28.9 Å². The molecule has 0 unspecified atom stereocenters. The van der Waals surface area contributed by atoms with E-state index in [0.29, 0.717) is 29.8 Å². The fourth-order valence-electron chi connectivity index (χ4n) is 3.28. The van der Waals surface area contributed by atoms with Gasteiger partial charge < -0.3 is 19.5 Å². The van der Waals surface area contributed by atoms with E-state index in [1.165, 1.54) is 25.3 Å². The molecule has 0 saturated carbocycles. The zero-order valence-electron chi connectivity index (χ0n) is 16.1. The zero-order chi connectivity index (χ0) is 21.9. The van der Waals surface area contributed by atoms with E-state index in [2.05, 4.69) is 4.72 Å². The molecule has 0 radical (unpaired) electrons. The maximum absolute atomic E-state index is 14.8. The maximum Gasteiger partial charge on any atom is 0.416 e. The molecule has 30 heavy (non-hydrogen) atoms.